The highest BCUT2D eigenvalue weighted by Crippen LogP contribution is 2.35. The van der Waals surface area contributed by atoms with E-state index in [2.05, 4.69) is 36.8 Å². The summed E-state index contributed by atoms with van der Waals surface area (Å²) in [6, 6.07) is 20.9. The van der Waals surface area contributed by atoms with E-state index in [4.69, 9.17) is 13.8 Å². The minimum absolute atomic E-state index is 0.124. The standard InChI is InChI=1S/C30H29BN6O4/c1-30(2)23-15-21(9-10-24(23)31(39-3)41-30)34-27-16-25(35-26(18-38)19-7-5-4-6-8-19)22(17-33-27)29-36-28(37-40-29)20-11-13-32-14-12-20/h4-17,26,38H,18H2,1-3H3,(H2,33,34,35)/t26-/m1/s1. The molecule has 0 fully saturated rings. The van der Waals surface area contributed by atoms with Gasteiger partial charge in [-0.2, -0.15) is 4.98 Å². The largest absolute Gasteiger partial charge is 0.494 e. The van der Waals surface area contributed by atoms with Gasteiger partial charge in [0.1, 0.15) is 5.82 Å². The van der Waals surface area contributed by atoms with Crippen molar-refractivity contribution in [2.45, 2.75) is 25.5 Å². The number of nitrogens with one attached hydrogen (secondary N) is 2. The lowest BCUT2D eigenvalue weighted by Crippen LogP contribution is -2.31. The molecule has 2 aromatic carbocycles. The van der Waals surface area contributed by atoms with E-state index < -0.39 is 12.7 Å². The Bertz CT molecular complexity index is 1650. The van der Waals surface area contributed by atoms with Crippen LogP contribution in [0.3, 0.4) is 0 Å². The van der Waals surface area contributed by atoms with E-state index in [0.29, 0.717) is 28.8 Å². The molecule has 11 heteroatoms. The summed E-state index contributed by atoms with van der Waals surface area (Å²) >= 11 is 0. The van der Waals surface area contributed by atoms with Gasteiger partial charge in [-0.3, -0.25) is 4.98 Å². The van der Waals surface area contributed by atoms with Gasteiger partial charge in [-0.05, 0) is 54.7 Å². The van der Waals surface area contributed by atoms with E-state index in [1.165, 1.54) is 0 Å². The number of hydrogen-bond donors (Lipinski definition) is 3. The number of hydrogen-bond acceptors (Lipinski definition) is 10. The number of nitrogens with zero attached hydrogens (tertiary/aromatic N) is 4. The normalized spacial score (nSPS) is 14.5. The van der Waals surface area contributed by atoms with Crippen LogP contribution in [0.1, 0.15) is 31.0 Å². The maximum atomic E-state index is 10.3. The van der Waals surface area contributed by atoms with Crippen molar-refractivity contribution >= 4 is 29.8 Å². The lowest BCUT2D eigenvalue weighted by atomic mass is 9.77. The highest BCUT2D eigenvalue weighted by atomic mass is 16.6. The first-order chi connectivity index (χ1) is 19.9. The van der Waals surface area contributed by atoms with Gasteiger partial charge < -0.3 is 29.6 Å². The van der Waals surface area contributed by atoms with Crippen molar-refractivity contribution in [1.29, 1.82) is 0 Å². The van der Waals surface area contributed by atoms with Crippen LogP contribution < -0.4 is 16.1 Å². The minimum atomic E-state index is -0.494. The molecule has 0 saturated heterocycles. The van der Waals surface area contributed by atoms with Crippen molar-refractivity contribution in [1.82, 2.24) is 20.1 Å². The molecule has 1 aliphatic rings. The molecule has 0 unspecified atom stereocenters. The number of fused-ring (bicyclic) bond motifs is 1. The smallest absolute Gasteiger partial charge is 0.410 e. The minimum Gasteiger partial charge on any atom is -0.410 e. The third-order valence-corrected chi connectivity index (χ3v) is 7.06. The van der Waals surface area contributed by atoms with Crippen LogP contribution in [0, 0.1) is 0 Å². The molecule has 1 atom stereocenters. The average Bonchev–Trinajstić information content (AvgIpc) is 3.59. The molecule has 1 aliphatic heterocycles. The second kappa shape index (κ2) is 11.1. The summed E-state index contributed by atoms with van der Waals surface area (Å²) in [5, 5.41) is 21.3. The van der Waals surface area contributed by atoms with Crippen molar-refractivity contribution in [3.63, 3.8) is 0 Å². The molecule has 0 spiro atoms. The number of aliphatic hydroxyl groups is 1. The third-order valence-electron chi connectivity index (χ3n) is 7.06. The van der Waals surface area contributed by atoms with Crippen molar-refractivity contribution < 1.29 is 18.9 Å². The van der Waals surface area contributed by atoms with Crippen LogP contribution in [0.15, 0.2) is 89.8 Å². The number of anilines is 3. The monoisotopic (exact) mass is 548 g/mol. The Morgan fingerprint density at radius 1 is 1.05 bits per heavy atom. The van der Waals surface area contributed by atoms with E-state index in [1.807, 2.05) is 74.5 Å². The molecular formula is C30H29BN6O4. The van der Waals surface area contributed by atoms with E-state index >= 15 is 0 Å². The molecule has 41 heavy (non-hydrogen) atoms. The van der Waals surface area contributed by atoms with E-state index in [9.17, 15) is 5.11 Å². The summed E-state index contributed by atoms with van der Waals surface area (Å²) in [4.78, 5) is 13.3. The summed E-state index contributed by atoms with van der Waals surface area (Å²) < 4.78 is 17.2. The lowest BCUT2D eigenvalue weighted by molar-refractivity contribution is 0.0930. The molecule has 4 heterocycles. The molecule has 0 aliphatic carbocycles. The SMILES string of the molecule is COB1OC(C)(C)c2cc(Nc3cc(N[C@H](CO)c4ccccc4)c(-c4nc(-c5ccncc5)no4)cn3)ccc21. The van der Waals surface area contributed by atoms with Crippen LogP contribution in [-0.2, 0) is 14.9 Å². The third kappa shape index (κ3) is 5.42. The molecule has 10 nitrogen and oxygen atoms in total. The van der Waals surface area contributed by atoms with Crippen molar-refractivity contribution in [3.05, 3.63) is 96.4 Å². The van der Waals surface area contributed by atoms with Crippen LogP contribution >= 0.6 is 0 Å². The zero-order valence-electron chi connectivity index (χ0n) is 22.9. The fraction of sp³-hybridized carbons (Fsp3) is 0.200. The maximum Gasteiger partial charge on any atom is 0.494 e. The van der Waals surface area contributed by atoms with Gasteiger partial charge in [0.15, 0.2) is 0 Å². The summed E-state index contributed by atoms with van der Waals surface area (Å²) in [5.74, 6) is 1.33. The fourth-order valence-electron chi connectivity index (χ4n) is 4.95. The van der Waals surface area contributed by atoms with Crippen LogP contribution in [0.25, 0.3) is 22.8 Å². The topological polar surface area (TPSA) is 127 Å². The van der Waals surface area contributed by atoms with Crippen LogP contribution in [-0.4, -0.2) is 46.1 Å². The van der Waals surface area contributed by atoms with E-state index in [0.717, 1.165) is 27.8 Å². The molecular weight excluding hydrogens is 519 g/mol. The number of rotatable bonds is 9. The molecule has 206 valence electrons. The first kappa shape index (κ1) is 26.6. The van der Waals surface area contributed by atoms with Crippen LogP contribution in [0.5, 0.6) is 0 Å². The van der Waals surface area contributed by atoms with Crippen molar-refractivity contribution in [2.75, 3.05) is 24.4 Å². The lowest BCUT2D eigenvalue weighted by Gasteiger charge is -2.21. The van der Waals surface area contributed by atoms with Crippen molar-refractivity contribution in [3.8, 4) is 22.8 Å². The van der Waals surface area contributed by atoms with Gasteiger partial charge >= 0.3 is 7.12 Å². The molecule has 0 radical (unpaired) electrons. The molecule has 0 saturated carbocycles. The van der Waals surface area contributed by atoms with Gasteiger partial charge in [-0.1, -0.05) is 41.6 Å². The Kier molecular flexibility index (Phi) is 7.23. The Hall–Kier alpha value is -4.58. The van der Waals surface area contributed by atoms with Crippen LogP contribution in [0.4, 0.5) is 17.2 Å². The Labute approximate surface area is 237 Å². The summed E-state index contributed by atoms with van der Waals surface area (Å²) in [6.07, 6.45) is 5.02. The van der Waals surface area contributed by atoms with Crippen molar-refractivity contribution in [2.24, 2.45) is 0 Å². The fourth-order valence-corrected chi connectivity index (χ4v) is 4.95. The van der Waals surface area contributed by atoms with Gasteiger partial charge in [0, 0.05) is 43.0 Å². The number of aromatic nitrogens is 4. The summed E-state index contributed by atoms with van der Waals surface area (Å²) in [6.45, 7) is 3.92. The average molecular weight is 548 g/mol. The molecule has 0 amide bonds. The van der Waals surface area contributed by atoms with E-state index in [1.54, 1.807) is 25.7 Å². The zero-order valence-corrected chi connectivity index (χ0v) is 22.9. The summed E-state index contributed by atoms with van der Waals surface area (Å²) in [7, 11) is 1.24. The Morgan fingerprint density at radius 3 is 2.61 bits per heavy atom. The molecule has 6 rings (SSSR count). The quantitative estimate of drug-likeness (QED) is 0.223. The Balaban J connectivity index is 1.35. The second-order valence-corrected chi connectivity index (χ2v) is 10.2. The first-order valence-electron chi connectivity index (χ1n) is 13.2. The maximum absolute atomic E-state index is 10.3. The second-order valence-electron chi connectivity index (χ2n) is 10.2. The predicted molar refractivity (Wildman–Crippen MR) is 157 cm³/mol. The molecule has 3 aromatic heterocycles. The van der Waals surface area contributed by atoms with E-state index in [-0.39, 0.29) is 12.6 Å². The first-order valence-corrected chi connectivity index (χ1v) is 13.2. The zero-order chi connectivity index (χ0) is 28.4. The van der Waals surface area contributed by atoms with Gasteiger partial charge in [0.05, 0.1) is 29.5 Å². The van der Waals surface area contributed by atoms with Gasteiger partial charge in [0.25, 0.3) is 5.89 Å². The Morgan fingerprint density at radius 2 is 1.85 bits per heavy atom. The highest BCUT2D eigenvalue weighted by Gasteiger charge is 2.42. The van der Waals surface area contributed by atoms with Crippen LogP contribution in [0.2, 0.25) is 0 Å². The summed E-state index contributed by atoms with van der Waals surface area (Å²) in [5.41, 5.74) is 5.39. The molecule has 5 aromatic rings. The highest BCUT2D eigenvalue weighted by molar-refractivity contribution is 6.63. The number of benzene rings is 2. The molecule has 0 bridgehead atoms. The number of pyridine rings is 2. The van der Waals surface area contributed by atoms with Gasteiger partial charge in [-0.25, -0.2) is 4.98 Å². The van der Waals surface area contributed by atoms with Gasteiger partial charge in [-0.15, -0.1) is 0 Å². The predicted octanol–water partition coefficient (Wildman–Crippen LogP) is 4.69. The van der Waals surface area contributed by atoms with Gasteiger partial charge in [0.2, 0.25) is 5.82 Å². The molecule has 3 N–H and O–H groups in total. The number of aliphatic hydroxyl groups excluding tert-OH is 1.